The molecule has 96 valence electrons. The number of imidazole rings is 1. The van der Waals surface area contributed by atoms with E-state index in [2.05, 4.69) is 42.9 Å². The summed E-state index contributed by atoms with van der Waals surface area (Å²) in [6.45, 7) is 6.42. The fourth-order valence-electron chi connectivity index (χ4n) is 2.43. The van der Waals surface area contributed by atoms with Crippen molar-refractivity contribution in [1.82, 2.24) is 9.97 Å². The number of nitrogen functional groups attached to an aromatic ring is 1. The van der Waals surface area contributed by atoms with Gasteiger partial charge in [0.15, 0.2) is 11.1 Å². The highest BCUT2D eigenvalue weighted by molar-refractivity contribution is 6.30. The maximum absolute atomic E-state index is 5.99. The van der Waals surface area contributed by atoms with Crippen LogP contribution in [0.1, 0.15) is 27.9 Å². The lowest BCUT2D eigenvalue weighted by atomic mass is 9.96. The van der Waals surface area contributed by atoms with E-state index in [4.69, 9.17) is 17.3 Å². The van der Waals surface area contributed by atoms with E-state index in [0.717, 1.165) is 18.5 Å². The average Bonchev–Trinajstić information content (AvgIpc) is 2.55. The fourth-order valence-corrected chi connectivity index (χ4v) is 2.66. The molecule has 0 radical (unpaired) electrons. The normalized spacial score (nSPS) is 10.9. The molecule has 0 amide bonds. The Morgan fingerprint density at radius 1 is 1.17 bits per heavy atom. The minimum Gasteiger partial charge on any atom is -0.369 e. The molecule has 4 heteroatoms. The Morgan fingerprint density at radius 3 is 2.28 bits per heavy atom. The zero-order chi connectivity index (χ0) is 13.3. The molecule has 0 atom stereocenters. The molecule has 3 nitrogen and oxygen atoms in total. The minimum atomic E-state index is 0.382. The second kappa shape index (κ2) is 5.02. The summed E-state index contributed by atoms with van der Waals surface area (Å²) in [6, 6.07) is 4.43. The second-order valence-electron chi connectivity index (χ2n) is 4.77. The molecule has 3 N–H and O–H groups in total. The van der Waals surface area contributed by atoms with E-state index in [1.807, 2.05) is 0 Å². The molecule has 0 saturated heterocycles. The number of nitrogens with two attached hydrogens (primary N) is 1. The fraction of sp³-hybridized carbons (Fsp3) is 0.357. The predicted octanol–water partition coefficient (Wildman–Crippen LogP) is 3.36. The van der Waals surface area contributed by atoms with Crippen LogP contribution >= 0.6 is 11.6 Å². The van der Waals surface area contributed by atoms with E-state index in [1.165, 1.54) is 22.3 Å². The summed E-state index contributed by atoms with van der Waals surface area (Å²) in [4.78, 5) is 6.97. The predicted molar refractivity (Wildman–Crippen MR) is 76.1 cm³/mol. The van der Waals surface area contributed by atoms with Crippen LogP contribution in [0.2, 0.25) is 5.15 Å². The number of nitrogens with one attached hydrogen (secondary N) is 1. The van der Waals surface area contributed by atoms with Gasteiger partial charge in [-0.3, -0.25) is 0 Å². The Labute approximate surface area is 112 Å². The Hall–Kier alpha value is -1.48. The van der Waals surface area contributed by atoms with Crippen molar-refractivity contribution in [3.63, 3.8) is 0 Å². The molecule has 0 aliphatic rings. The van der Waals surface area contributed by atoms with Gasteiger partial charge in [-0.05, 0) is 50.3 Å². The molecular formula is C14H18ClN3. The maximum Gasteiger partial charge on any atom is 0.199 e. The average molecular weight is 264 g/mol. The second-order valence-corrected chi connectivity index (χ2v) is 5.13. The van der Waals surface area contributed by atoms with Crippen molar-refractivity contribution in [2.24, 2.45) is 0 Å². The number of aromatic nitrogens is 2. The topological polar surface area (TPSA) is 54.7 Å². The van der Waals surface area contributed by atoms with Gasteiger partial charge in [0, 0.05) is 0 Å². The van der Waals surface area contributed by atoms with Crippen molar-refractivity contribution >= 4 is 17.5 Å². The quantitative estimate of drug-likeness (QED) is 0.892. The van der Waals surface area contributed by atoms with Crippen molar-refractivity contribution < 1.29 is 0 Å². The number of halogens is 1. The van der Waals surface area contributed by atoms with Crippen LogP contribution in [0.25, 0.3) is 0 Å². The number of aromatic amines is 1. The summed E-state index contributed by atoms with van der Waals surface area (Å²) < 4.78 is 0. The maximum atomic E-state index is 5.99. The van der Waals surface area contributed by atoms with Gasteiger partial charge in [-0.1, -0.05) is 29.3 Å². The Bertz CT molecular complexity index is 549. The number of H-pyrrole nitrogens is 1. The monoisotopic (exact) mass is 263 g/mol. The van der Waals surface area contributed by atoms with Crippen LogP contribution in [0.3, 0.4) is 0 Å². The molecule has 0 spiro atoms. The van der Waals surface area contributed by atoms with Crippen LogP contribution in [-0.4, -0.2) is 9.97 Å². The Balaban J connectivity index is 2.18. The summed E-state index contributed by atoms with van der Waals surface area (Å²) in [5.41, 5.74) is 11.8. The first-order valence-electron chi connectivity index (χ1n) is 6.04. The summed E-state index contributed by atoms with van der Waals surface area (Å²) in [7, 11) is 0. The largest absolute Gasteiger partial charge is 0.369 e. The summed E-state index contributed by atoms with van der Waals surface area (Å²) >= 11 is 5.99. The van der Waals surface area contributed by atoms with Crippen molar-refractivity contribution in [3.8, 4) is 0 Å². The van der Waals surface area contributed by atoms with E-state index >= 15 is 0 Å². The van der Waals surface area contributed by atoms with Gasteiger partial charge in [0.05, 0.1) is 5.69 Å². The summed E-state index contributed by atoms with van der Waals surface area (Å²) in [5.74, 6) is 0.382. The Kier molecular flexibility index (Phi) is 3.62. The molecule has 0 fully saturated rings. The van der Waals surface area contributed by atoms with Gasteiger partial charge in [0.2, 0.25) is 0 Å². The lowest BCUT2D eigenvalue weighted by molar-refractivity contribution is 0.908. The molecule has 1 aromatic carbocycles. The number of hydrogen-bond acceptors (Lipinski definition) is 2. The third kappa shape index (κ3) is 2.67. The van der Waals surface area contributed by atoms with Gasteiger partial charge in [-0.15, -0.1) is 0 Å². The van der Waals surface area contributed by atoms with Crippen LogP contribution in [-0.2, 0) is 12.8 Å². The Morgan fingerprint density at radius 2 is 1.78 bits per heavy atom. The number of benzene rings is 1. The molecule has 1 heterocycles. The molecular weight excluding hydrogens is 246 g/mol. The summed E-state index contributed by atoms with van der Waals surface area (Å²) in [6.07, 6.45) is 1.77. The van der Waals surface area contributed by atoms with E-state index in [1.54, 1.807) is 0 Å². The third-order valence-corrected chi connectivity index (χ3v) is 3.52. The number of rotatable bonds is 3. The van der Waals surface area contributed by atoms with Crippen LogP contribution in [0.5, 0.6) is 0 Å². The van der Waals surface area contributed by atoms with Crippen LogP contribution in [0.4, 0.5) is 5.95 Å². The first-order chi connectivity index (χ1) is 8.47. The zero-order valence-corrected chi connectivity index (χ0v) is 11.7. The lowest BCUT2D eigenvalue weighted by Crippen LogP contribution is -1.99. The van der Waals surface area contributed by atoms with Gasteiger partial charge in [0.25, 0.3) is 0 Å². The first-order valence-corrected chi connectivity index (χ1v) is 6.41. The molecule has 0 aliphatic carbocycles. The molecule has 1 aromatic heterocycles. The molecule has 0 aliphatic heterocycles. The van der Waals surface area contributed by atoms with Crippen LogP contribution < -0.4 is 5.73 Å². The van der Waals surface area contributed by atoms with E-state index in [0.29, 0.717) is 11.1 Å². The zero-order valence-electron chi connectivity index (χ0n) is 11.0. The van der Waals surface area contributed by atoms with E-state index in [9.17, 15) is 0 Å². The number of anilines is 1. The van der Waals surface area contributed by atoms with Crippen molar-refractivity contribution in [1.29, 1.82) is 0 Å². The summed E-state index contributed by atoms with van der Waals surface area (Å²) in [5, 5.41) is 0.481. The number of hydrogen-bond donors (Lipinski definition) is 2. The molecule has 0 saturated carbocycles. The van der Waals surface area contributed by atoms with Gasteiger partial charge >= 0.3 is 0 Å². The van der Waals surface area contributed by atoms with Gasteiger partial charge in [-0.25, -0.2) is 4.98 Å². The van der Waals surface area contributed by atoms with Crippen molar-refractivity contribution in [2.75, 3.05) is 5.73 Å². The molecule has 0 bridgehead atoms. The van der Waals surface area contributed by atoms with Gasteiger partial charge < -0.3 is 10.7 Å². The molecule has 2 aromatic rings. The highest BCUT2D eigenvalue weighted by atomic mass is 35.5. The standard InChI is InChI=1S/C14H18ClN3/c1-8-6-9(2)11(10(3)7-8)4-5-12-13(15)18-14(16)17-12/h6-7H,4-5H2,1-3H3,(H3,16,17,18). The SMILES string of the molecule is Cc1cc(C)c(CCc2[nH]c(N)nc2Cl)c(C)c1. The smallest absolute Gasteiger partial charge is 0.199 e. The molecule has 18 heavy (non-hydrogen) atoms. The van der Waals surface area contributed by atoms with Gasteiger partial charge in [-0.2, -0.15) is 0 Å². The highest BCUT2D eigenvalue weighted by Crippen LogP contribution is 2.21. The minimum absolute atomic E-state index is 0.382. The van der Waals surface area contributed by atoms with E-state index in [-0.39, 0.29) is 0 Å². The molecule has 2 rings (SSSR count). The van der Waals surface area contributed by atoms with Crippen molar-refractivity contribution in [2.45, 2.75) is 33.6 Å². The molecule has 0 unspecified atom stereocenters. The van der Waals surface area contributed by atoms with Crippen LogP contribution in [0, 0.1) is 20.8 Å². The first kappa shape index (κ1) is 13.0. The number of aryl methyl sites for hydroxylation is 4. The van der Waals surface area contributed by atoms with Crippen molar-refractivity contribution in [3.05, 3.63) is 45.2 Å². The van der Waals surface area contributed by atoms with E-state index < -0.39 is 0 Å². The van der Waals surface area contributed by atoms with Gasteiger partial charge in [0.1, 0.15) is 0 Å². The third-order valence-electron chi connectivity index (χ3n) is 3.21. The highest BCUT2D eigenvalue weighted by Gasteiger charge is 2.09. The number of nitrogens with zero attached hydrogens (tertiary/aromatic N) is 1. The lowest BCUT2D eigenvalue weighted by Gasteiger charge is -2.10. The van der Waals surface area contributed by atoms with Crippen LogP contribution in [0.15, 0.2) is 12.1 Å².